The maximum absolute atomic E-state index is 13.6. The van der Waals surface area contributed by atoms with E-state index in [1.54, 1.807) is 0 Å². The number of nitrogens with zero attached hydrogens (tertiary/aromatic N) is 1. The van der Waals surface area contributed by atoms with Gasteiger partial charge in [-0.25, -0.2) is 0 Å². The number of quaternary nitrogens is 1. The largest absolute Gasteiger partial charge is 0.756 e. The maximum Gasteiger partial charge on any atom is 0.306 e. The lowest BCUT2D eigenvalue weighted by atomic mass is 10.0. The highest BCUT2D eigenvalue weighted by Gasteiger charge is 2.27. The molecule has 3 atom stereocenters. The highest BCUT2D eigenvalue weighted by molar-refractivity contribution is 7.45. The van der Waals surface area contributed by atoms with Crippen molar-refractivity contribution in [2.45, 2.75) is 431 Å². The second-order valence-electron chi connectivity index (χ2n) is 28.2. The van der Waals surface area contributed by atoms with Crippen LogP contribution in [0.2, 0.25) is 0 Å². The molecule has 0 fully saturated rings. The van der Waals surface area contributed by atoms with Crippen molar-refractivity contribution in [2.24, 2.45) is 0 Å². The summed E-state index contributed by atoms with van der Waals surface area (Å²) >= 11 is 0. The van der Waals surface area contributed by atoms with Crippen molar-refractivity contribution in [2.75, 3.05) is 40.9 Å². The van der Waals surface area contributed by atoms with Crippen LogP contribution in [0.25, 0.3) is 0 Å². The molecule has 0 heterocycles. The van der Waals surface area contributed by atoms with Gasteiger partial charge in [-0.15, -0.1) is 0 Å². The Bertz CT molecular complexity index is 1490. The third-order valence-corrected chi connectivity index (χ3v) is 19.2. The number of esters is 1. The fourth-order valence-corrected chi connectivity index (χ4v) is 13.0. The number of nitrogens with one attached hydrogen (secondary N) is 1. The van der Waals surface area contributed by atoms with Crippen molar-refractivity contribution in [3.8, 4) is 0 Å². The smallest absolute Gasteiger partial charge is 0.306 e. The summed E-state index contributed by atoms with van der Waals surface area (Å²) in [6.07, 6.45) is 82.1. The van der Waals surface area contributed by atoms with Crippen molar-refractivity contribution in [1.82, 2.24) is 5.32 Å². The van der Waals surface area contributed by atoms with Crippen LogP contribution in [0, 0.1) is 0 Å². The topological polar surface area (TPSA) is 114 Å². The number of likely N-dealkylation sites (N-methyl/N-ethyl adjacent to an activating group) is 1. The van der Waals surface area contributed by atoms with E-state index in [4.69, 9.17) is 13.8 Å². The molecule has 0 bridgehead atoms. The number of hydrogen-bond donors (Lipinski definition) is 1. The number of unbranched alkanes of at least 4 members (excludes halogenated alkanes) is 57. The van der Waals surface area contributed by atoms with Gasteiger partial charge in [0.1, 0.15) is 19.3 Å². The Hall–Kier alpha value is -1.25. The van der Waals surface area contributed by atoms with Gasteiger partial charge in [0.2, 0.25) is 5.91 Å². The van der Waals surface area contributed by atoms with Crippen LogP contribution in [-0.4, -0.2) is 69.4 Å². The van der Waals surface area contributed by atoms with E-state index in [-0.39, 0.29) is 31.5 Å². The van der Waals surface area contributed by atoms with Crippen LogP contribution in [-0.2, 0) is 27.9 Å². The second kappa shape index (κ2) is 67.6. The minimum absolute atomic E-state index is 0.0162. The number of amides is 1. The van der Waals surface area contributed by atoms with Crippen LogP contribution in [0.5, 0.6) is 0 Å². The monoisotopic (exact) mass is 1250 g/mol. The molecule has 0 saturated carbocycles. The van der Waals surface area contributed by atoms with Gasteiger partial charge >= 0.3 is 5.97 Å². The number of phosphoric ester groups is 1. The Balaban J connectivity index is 4.93. The first kappa shape index (κ1) is 85.8. The molecule has 0 aromatic heterocycles. The first-order valence-electron chi connectivity index (χ1n) is 39.0. The van der Waals surface area contributed by atoms with Gasteiger partial charge < -0.3 is 28.5 Å². The molecular weight excluding hydrogens is 1100 g/mol. The molecule has 10 heteroatoms. The summed E-state index contributed by atoms with van der Waals surface area (Å²) in [4.78, 5) is 40.3. The van der Waals surface area contributed by atoms with E-state index >= 15 is 0 Å². The van der Waals surface area contributed by atoms with Gasteiger partial charge in [0.15, 0.2) is 0 Å². The molecule has 0 aliphatic heterocycles. The average molecular weight is 1250 g/mol. The van der Waals surface area contributed by atoms with Gasteiger partial charge in [0.05, 0.1) is 33.8 Å². The number of carbonyl (C=O) groups is 2. The first-order valence-corrected chi connectivity index (χ1v) is 40.5. The Morgan fingerprint density at radius 2 is 0.655 bits per heavy atom. The molecule has 9 nitrogen and oxygen atoms in total. The van der Waals surface area contributed by atoms with E-state index in [0.29, 0.717) is 17.4 Å². The molecule has 0 spiro atoms. The predicted octanol–water partition coefficient (Wildman–Crippen LogP) is 24.4. The van der Waals surface area contributed by atoms with Gasteiger partial charge in [-0.05, 0) is 31.8 Å². The van der Waals surface area contributed by atoms with Crippen LogP contribution >= 0.6 is 7.82 Å². The van der Waals surface area contributed by atoms with Gasteiger partial charge in [-0.2, -0.15) is 0 Å². The number of hydrogen-bond acceptors (Lipinski definition) is 7. The zero-order chi connectivity index (χ0) is 63.5. The number of ether oxygens (including phenoxy) is 1. The Morgan fingerprint density at radius 3 is 0.943 bits per heavy atom. The zero-order valence-electron chi connectivity index (χ0n) is 59.5. The van der Waals surface area contributed by atoms with Crippen molar-refractivity contribution < 1.29 is 37.3 Å². The summed E-state index contributed by atoms with van der Waals surface area (Å²) in [5, 5.41) is 3.06. The molecule has 0 radical (unpaired) electrons. The van der Waals surface area contributed by atoms with Crippen molar-refractivity contribution >= 4 is 19.7 Å². The molecule has 87 heavy (non-hydrogen) atoms. The van der Waals surface area contributed by atoms with Gasteiger partial charge in [-0.1, -0.05) is 386 Å². The fourth-order valence-electron chi connectivity index (χ4n) is 12.2. The Morgan fingerprint density at radius 1 is 0.391 bits per heavy atom. The molecule has 0 aliphatic rings. The van der Waals surface area contributed by atoms with Gasteiger partial charge in [0.25, 0.3) is 7.82 Å². The van der Waals surface area contributed by atoms with E-state index in [2.05, 4.69) is 26.1 Å². The molecule has 1 amide bonds. The van der Waals surface area contributed by atoms with Crippen LogP contribution in [0.3, 0.4) is 0 Å². The molecule has 1 N–H and O–H groups in total. The summed E-state index contributed by atoms with van der Waals surface area (Å²) in [7, 11) is 1.22. The fraction of sp³-hybridized carbons (Fsp3) is 0.948. The highest BCUT2D eigenvalue weighted by Crippen LogP contribution is 2.38. The lowest BCUT2D eigenvalue weighted by molar-refractivity contribution is -0.870. The van der Waals surface area contributed by atoms with E-state index in [1.807, 2.05) is 33.3 Å². The third kappa shape index (κ3) is 68.9. The summed E-state index contributed by atoms with van der Waals surface area (Å²) in [6.45, 7) is 6.94. The Kier molecular flexibility index (Phi) is 66.7. The van der Waals surface area contributed by atoms with E-state index < -0.39 is 20.0 Å². The predicted molar refractivity (Wildman–Crippen MR) is 377 cm³/mol. The van der Waals surface area contributed by atoms with Crippen LogP contribution in [0.1, 0.15) is 419 Å². The van der Waals surface area contributed by atoms with Crippen molar-refractivity contribution in [3.63, 3.8) is 0 Å². The Labute approximate surface area is 543 Å². The molecule has 0 aromatic carbocycles. The number of rotatable bonds is 73. The molecule has 0 aromatic rings. The normalized spacial score (nSPS) is 13.4. The SMILES string of the molecule is CCCCCCCCCCCCC/C=C/C(OC(=O)CCCCCCCCCCCCCCCCCCCCCCC)C(COP(=O)([O-])OCC[N+](C)(C)C)NC(=O)CCCCCCCCCCCCCCCCCCCCCCCCCCCCC. The van der Waals surface area contributed by atoms with Crippen molar-refractivity contribution in [3.05, 3.63) is 12.2 Å². The summed E-state index contributed by atoms with van der Waals surface area (Å²) < 4.78 is 30.5. The minimum Gasteiger partial charge on any atom is -0.756 e. The third-order valence-electron chi connectivity index (χ3n) is 18.2. The standard InChI is InChI=1S/C77H153N2O7P/c1-7-10-13-16-19-22-25-28-30-32-34-36-37-38-39-40-41-43-44-46-48-51-54-57-60-63-66-69-76(80)78-74(73-85-87(82,83)84-72-71-79(4,5)6)75(68-65-62-59-56-53-50-27-24-21-18-15-12-9-3)86-77(81)70-67-64-61-58-55-52-49-47-45-42-35-33-31-29-26-23-20-17-14-11-8-2/h65,68,74-75H,7-64,66-67,69-73H2,1-6H3,(H-,78,80,82,83)/b68-65+. The van der Waals surface area contributed by atoms with Crippen LogP contribution in [0.4, 0.5) is 0 Å². The van der Waals surface area contributed by atoms with Gasteiger partial charge in [-0.3, -0.25) is 14.2 Å². The second-order valence-corrected chi connectivity index (χ2v) is 29.6. The highest BCUT2D eigenvalue weighted by atomic mass is 31.2. The molecule has 0 aliphatic carbocycles. The van der Waals surface area contributed by atoms with E-state index in [0.717, 1.165) is 57.8 Å². The van der Waals surface area contributed by atoms with Gasteiger partial charge in [0, 0.05) is 12.8 Å². The average Bonchev–Trinajstić information content (AvgIpc) is 3.70. The molecular formula is C77H153N2O7P. The summed E-state index contributed by atoms with van der Waals surface area (Å²) in [5.41, 5.74) is 0. The van der Waals surface area contributed by atoms with Crippen LogP contribution in [0.15, 0.2) is 12.2 Å². The van der Waals surface area contributed by atoms with E-state index in [1.165, 1.54) is 327 Å². The first-order chi connectivity index (χ1) is 42.4. The summed E-state index contributed by atoms with van der Waals surface area (Å²) in [5.74, 6) is -0.509. The lowest BCUT2D eigenvalue weighted by Gasteiger charge is -2.30. The molecule has 0 saturated heterocycles. The molecule has 0 rings (SSSR count). The van der Waals surface area contributed by atoms with E-state index in [9.17, 15) is 19.0 Å². The number of allylic oxidation sites excluding steroid dienone is 1. The quantitative estimate of drug-likeness (QED) is 0.0212. The minimum atomic E-state index is -4.70. The van der Waals surface area contributed by atoms with Crippen LogP contribution < -0.4 is 10.2 Å². The zero-order valence-corrected chi connectivity index (χ0v) is 60.4. The number of carbonyl (C=O) groups excluding carboxylic acids is 2. The number of phosphoric acid groups is 1. The molecule has 518 valence electrons. The summed E-state index contributed by atoms with van der Waals surface area (Å²) in [6, 6.07) is -0.882. The molecule has 3 unspecified atom stereocenters. The maximum atomic E-state index is 13.6. The van der Waals surface area contributed by atoms with Crippen molar-refractivity contribution in [1.29, 1.82) is 0 Å². The lowest BCUT2D eigenvalue weighted by Crippen LogP contribution is -2.47.